The van der Waals surface area contributed by atoms with E-state index in [9.17, 15) is 10.1 Å². The topological polar surface area (TPSA) is 95.4 Å². The molecule has 0 radical (unpaired) electrons. The molecule has 0 amide bonds. The van der Waals surface area contributed by atoms with Crippen molar-refractivity contribution in [3.63, 3.8) is 0 Å². The predicted molar refractivity (Wildman–Crippen MR) is 139 cm³/mol. The summed E-state index contributed by atoms with van der Waals surface area (Å²) in [6.07, 6.45) is 7.75. The van der Waals surface area contributed by atoms with Crippen LogP contribution in [-0.4, -0.2) is 54.2 Å². The first-order chi connectivity index (χ1) is 17.5. The monoisotopic (exact) mass is 488 g/mol. The van der Waals surface area contributed by atoms with Gasteiger partial charge in [0.2, 0.25) is 5.95 Å². The lowest BCUT2D eigenvalue weighted by Crippen LogP contribution is -2.59. The number of hydrogen-bond acceptors (Lipinski definition) is 7. The van der Waals surface area contributed by atoms with Crippen LogP contribution in [0, 0.1) is 11.3 Å². The number of nitriles is 1. The lowest BCUT2D eigenvalue weighted by Gasteiger charge is -2.49. The van der Waals surface area contributed by atoms with Gasteiger partial charge in [0.25, 0.3) is 0 Å². The molecule has 9 heteroatoms. The molecule has 1 saturated carbocycles. The molecule has 0 N–H and O–H groups in total. The summed E-state index contributed by atoms with van der Waals surface area (Å²) in [5, 5.41) is 13.8. The molecule has 1 unspecified atom stereocenters. The largest absolute Gasteiger partial charge is 0.352 e. The summed E-state index contributed by atoms with van der Waals surface area (Å²) in [7, 11) is 1.70. The number of pyridine rings is 1. The number of rotatable bonds is 8. The smallest absolute Gasteiger partial charge is 0.335 e. The van der Waals surface area contributed by atoms with Gasteiger partial charge in [-0.15, -0.1) is 0 Å². The molecule has 3 aromatic heterocycles. The maximum absolute atomic E-state index is 12.8. The number of aromatic nitrogens is 5. The Labute approximate surface area is 212 Å². The molecule has 0 aromatic carbocycles. The lowest BCUT2D eigenvalue weighted by molar-refractivity contribution is 0.0886. The van der Waals surface area contributed by atoms with Crippen LogP contribution in [0.3, 0.4) is 0 Å². The third-order valence-corrected chi connectivity index (χ3v) is 7.93. The van der Waals surface area contributed by atoms with Gasteiger partial charge in [0.05, 0.1) is 18.2 Å². The summed E-state index contributed by atoms with van der Waals surface area (Å²) >= 11 is 0. The zero-order chi connectivity index (χ0) is 25.4. The van der Waals surface area contributed by atoms with Gasteiger partial charge in [0.15, 0.2) is 0 Å². The summed E-state index contributed by atoms with van der Waals surface area (Å²) < 4.78 is 3.24. The Hall–Kier alpha value is -3.25. The zero-order valence-electron chi connectivity index (χ0n) is 21.8. The number of nitrogens with zero attached hydrogens (tertiary/aromatic N) is 8. The summed E-state index contributed by atoms with van der Waals surface area (Å²) in [6.45, 7) is 8.32. The van der Waals surface area contributed by atoms with Gasteiger partial charge in [-0.3, -0.25) is 14.5 Å². The van der Waals surface area contributed by atoms with E-state index in [1.165, 1.54) is 28.7 Å². The number of piperazine rings is 1. The number of hydrogen-bond donors (Lipinski definition) is 0. The third kappa shape index (κ3) is 4.39. The van der Waals surface area contributed by atoms with E-state index in [-0.39, 0.29) is 18.2 Å². The molecule has 0 spiro atoms. The summed E-state index contributed by atoms with van der Waals surface area (Å²) in [5.41, 5.74) is 3.51. The van der Waals surface area contributed by atoms with Gasteiger partial charge in [0, 0.05) is 62.1 Å². The average Bonchev–Trinajstić information content (AvgIpc) is 3.66. The number of fused-ring (bicyclic) bond motifs is 1. The van der Waals surface area contributed by atoms with Gasteiger partial charge in [0.1, 0.15) is 5.65 Å². The summed E-state index contributed by atoms with van der Waals surface area (Å²) in [6, 6.07) is 9.27. The molecule has 2 aliphatic rings. The first-order valence-corrected chi connectivity index (χ1v) is 13.3. The number of aryl methyl sites for hydroxylation is 1. The Balaban J connectivity index is 1.48. The van der Waals surface area contributed by atoms with Crippen molar-refractivity contribution in [3.8, 4) is 6.07 Å². The fourth-order valence-electron chi connectivity index (χ4n) is 5.67. The highest BCUT2D eigenvalue weighted by atomic mass is 16.1. The molecule has 0 bridgehead atoms. The van der Waals surface area contributed by atoms with Crippen LogP contribution in [0.2, 0.25) is 0 Å². The van der Waals surface area contributed by atoms with Gasteiger partial charge < -0.3 is 4.90 Å². The van der Waals surface area contributed by atoms with Crippen molar-refractivity contribution in [2.75, 3.05) is 18.0 Å². The minimum atomic E-state index is -0.306. The molecule has 1 saturated heterocycles. The van der Waals surface area contributed by atoms with Crippen LogP contribution in [0.1, 0.15) is 81.8 Å². The van der Waals surface area contributed by atoms with E-state index in [0.29, 0.717) is 35.3 Å². The molecule has 2 fully saturated rings. The van der Waals surface area contributed by atoms with Gasteiger partial charge in [-0.25, -0.2) is 4.79 Å². The van der Waals surface area contributed by atoms with Crippen molar-refractivity contribution >= 4 is 11.6 Å². The third-order valence-electron chi connectivity index (χ3n) is 7.93. The Kier molecular flexibility index (Phi) is 6.80. The van der Waals surface area contributed by atoms with Crippen LogP contribution in [0.5, 0.6) is 0 Å². The van der Waals surface area contributed by atoms with Crippen molar-refractivity contribution in [3.05, 3.63) is 51.8 Å². The molecule has 190 valence electrons. The van der Waals surface area contributed by atoms with Crippen LogP contribution in [0.4, 0.5) is 5.95 Å². The quantitative estimate of drug-likeness (QED) is 0.478. The second kappa shape index (κ2) is 10.0. The Morgan fingerprint density at radius 1 is 1.14 bits per heavy atom. The standard InChI is InChI=1S/C27H36N8O/c1-5-21-17-34(26-30-27(36)32(4)25-14-20(12-13-28)31-35(25)26)22(6-2)16-33(21)24(7-3)19-10-11-23(29-15-19)18-8-9-18/h10-11,14-15,18,21-22,24H,5-9,12,16-17H2,1-4H3/t21-,22+,24?/m1/s1. The Morgan fingerprint density at radius 2 is 1.92 bits per heavy atom. The van der Waals surface area contributed by atoms with Gasteiger partial charge in [-0.05, 0) is 43.7 Å². The molecule has 3 aromatic rings. The summed E-state index contributed by atoms with van der Waals surface area (Å²) in [5.74, 6) is 1.24. The highest BCUT2D eigenvalue weighted by molar-refractivity contribution is 5.48. The van der Waals surface area contributed by atoms with E-state index >= 15 is 0 Å². The van der Waals surface area contributed by atoms with Gasteiger partial charge >= 0.3 is 5.69 Å². The number of anilines is 1. The minimum absolute atomic E-state index is 0.187. The van der Waals surface area contributed by atoms with Crippen LogP contribution in [0.25, 0.3) is 5.65 Å². The van der Waals surface area contributed by atoms with Crippen LogP contribution < -0.4 is 10.6 Å². The molecule has 3 atom stereocenters. The molecular weight excluding hydrogens is 452 g/mol. The first kappa shape index (κ1) is 24.4. The fraction of sp³-hybridized carbons (Fsp3) is 0.593. The van der Waals surface area contributed by atoms with Crippen molar-refractivity contribution in [1.82, 2.24) is 29.0 Å². The minimum Gasteiger partial charge on any atom is -0.335 e. The molecular formula is C27H36N8O. The van der Waals surface area contributed by atoms with E-state index in [1.807, 2.05) is 6.07 Å². The maximum atomic E-state index is 12.8. The lowest BCUT2D eigenvalue weighted by atomic mass is 9.95. The van der Waals surface area contributed by atoms with Crippen molar-refractivity contribution in [1.29, 1.82) is 5.26 Å². The van der Waals surface area contributed by atoms with Gasteiger partial charge in [-0.1, -0.05) is 26.8 Å². The molecule has 4 heterocycles. The van der Waals surface area contributed by atoms with E-state index in [0.717, 1.165) is 32.4 Å². The van der Waals surface area contributed by atoms with Crippen LogP contribution >= 0.6 is 0 Å². The highest BCUT2D eigenvalue weighted by Crippen LogP contribution is 2.39. The normalized spacial score (nSPS) is 21.6. The average molecular weight is 489 g/mol. The second-order valence-electron chi connectivity index (χ2n) is 10.2. The Morgan fingerprint density at radius 3 is 2.53 bits per heavy atom. The van der Waals surface area contributed by atoms with Gasteiger partial charge in [-0.2, -0.15) is 19.9 Å². The van der Waals surface area contributed by atoms with Crippen molar-refractivity contribution < 1.29 is 0 Å². The molecule has 1 aliphatic heterocycles. The van der Waals surface area contributed by atoms with E-state index in [2.05, 4.69) is 65.1 Å². The molecule has 36 heavy (non-hydrogen) atoms. The van der Waals surface area contributed by atoms with Crippen LogP contribution in [0.15, 0.2) is 29.2 Å². The maximum Gasteiger partial charge on any atom is 0.352 e. The first-order valence-electron chi connectivity index (χ1n) is 13.3. The van der Waals surface area contributed by atoms with E-state index in [1.54, 1.807) is 11.6 Å². The fourth-order valence-corrected chi connectivity index (χ4v) is 5.67. The van der Waals surface area contributed by atoms with E-state index in [4.69, 9.17) is 4.98 Å². The van der Waals surface area contributed by atoms with E-state index < -0.39 is 0 Å². The van der Waals surface area contributed by atoms with Crippen molar-refractivity contribution in [2.24, 2.45) is 7.05 Å². The van der Waals surface area contributed by atoms with Crippen molar-refractivity contribution in [2.45, 2.75) is 83.3 Å². The molecule has 1 aliphatic carbocycles. The SMILES string of the molecule is CCC(c1ccc(C2CC2)nc1)N1C[C@H](CC)N(c2nc(=O)n(C)c3cc(CC#N)nn23)C[C@H]1CC. The highest BCUT2D eigenvalue weighted by Gasteiger charge is 2.38. The second-order valence-corrected chi connectivity index (χ2v) is 10.2. The molecule has 5 rings (SSSR count). The van der Waals surface area contributed by atoms with Crippen LogP contribution in [-0.2, 0) is 13.5 Å². The predicted octanol–water partition coefficient (Wildman–Crippen LogP) is 3.60. The summed E-state index contributed by atoms with van der Waals surface area (Å²) in [4.78, 5) is 27.0. The zero-order valence-corrected chi connectivity index (χ0v) is 21.8. The Bertz CT molecular complexity index is 1320. The molecule has 9 nitrogen and oxygen atoms in total.